The van der Waals surface area contributed by atoms with E-state index in [1.54, 1.807) is 0 Å². The van der Waals surface area contributed by atoms with Crippen LogP contribution in [-0.2, 0) is 5.33 Å². The molecule has 20 heavy (non-hydrogen) atoms. The highest BCUT2D eigenvalue weighted by atomic mass is 79.9. The lowest BCUT2D eigenvalue weighted by molar-refractivity contribution is 0.545. The Kier molecular flexibility index (Phi) is 5.41. The number of anilines is 1. The van der Waals surface area contributed by atoms with Gasteiger partial charge in [-0.3, -0.25) is 0 Å². The van der Waals surface area contributed by atoms with Gasteiger partial charge in [0.15, 0.2) is 0 Å². The van der Waals surface area contributed by atoms with Crippen LogP contribution in [0.25, 0.3) is 10.9 Å². The second-order valence-corrected chi connectivity index (χ2v) is 5.91. The van der Waals surface area contributed by atoms with E-state index in [2.05, 4.69) is 71.9 Å². The summed E-state index contributed by atoms with van der Waals surface area (Å²) >= 11 is 3.61. The van der Waals surface area contributed by atoms with Crippen LogP contribution in [0.2, 0.25) is 0 Å². The molecule has 2 aromatic rings. The highest BCUT2D eigenvalue weighted by Crippen LogP contribution is 2.26. The summed E-state index contributed by atoms with van der Waals surface area (Å²) in [5.41, 5.74) is 2.35. The molecular weight excluding hydrogens is 312 g/mol. The highest BCUT2D eigenvalue weighted by Gasteiger charge is 2.14. The molecule has 0 aliphatic rings. The van der Waals surface area contributed by atoms with Crippen molar-refractivity contribution in [3.05, 3.63) is 35.9 Å². The number of alkyl halides is 1. The first-order chi connectivity index (χ1) is 9.69. The van der Waals surface area contributed by atoms with Crippen molar-refractivity contribution in [3.63, 3.8) is 0 Å². The summed E-state index contributed by atoms with van der Waals surface area (Å²) < 4.78 is 0. The number of nitrogens with zero attached hydrogens (tertiary/aromatic N) is 2. The monoisotopic (exact) mass is 334 g/mol. The standard InChI is InChI=1S/C17H23BrN2/c1-4-13(3)12-20(5-2)17-15(11-18)10-14-8-6-7-9-16(14)19-17/h6-10,13H,4-5,11-12H2,1-3H3. The number of aromatic nitrogens is 1. The van der Waals surface area contributed by atoms with Gasteiger partial charge in [-0.05, 0) is 25.0 Å². The number of fused-ring (bicyclic) bond motifs is 1. The average molecular weight is 335 g/mol. The number of para-hydroxylation sites is 1. The Bertz CT molecular complexity index is 568. The van der Waals surface area contributed by atoms with Crippen molar-refractivity contribution in [3.8, 4) is 0 Å². The number of pyridine rings is 1. The van der Waals surface area contributed by atoms with Crippen molar-refractivity contribution in [1.29, 1.82) is 0 Å². The Morgan fingerprint density at radius 1 is 1.25 bits per heavy atom. The molecule has 0 saturated heterocycles. The summed E-state index contributed by atoms with van der Waals surface area (Å²) in [6, 6.07) is 10.6. The molecule has 1 heterocycles. The van der Waals surface area contributed by atoms with Crippen molar-refractivity contribution < 1.29 is 0 Å². The fourth-order valence-corrected chi connectivity index (χ4v) is 2.80. The van der Waals surface area contributed by atoms with Gasteiger partial charge in [0, 0.05) is 29.4 Å². The van der Waals surface area contributed by atoms with E-state index >= 15 is 0 Å². The van der Waals surface area contributed by atoms with Crippen LogP contribution in [0.4, 0.5) is 5.82 Å². The molecule has 0 N–H and O–H groups in total. The number of hydrogen-bond donors (Lipinski definition) is 0. The van der Waals surface area contributed by atoms with Crippen LogP contribution in [0.15, 0.2) is 30.3 Å². The van der Waals surface area contributed by atoms with Crippen molar-refractivity contribution >= 4 is 32.7 Å². The summed E-state index contributed by atoms with van der Waals surface area (Å²) in [5.74, 6) is 1.81. The Balaban J connectivity index is 2.44. The van der Waals surface area contributed by atoms with Gasteiger partial charge in [0.1, 0.15) is 5.82 Å². The minimum absolute atomic E-state index is 0.686. The zero-order chi connectivity index (χ0) is 14.5. The zero-order valence-electron chi connectivity index (χ0n) is 12.6. The fourth-order valence-electron chi connectivity index (χ4n) is 2.39. The van der Waals surface area contributed by atoms with Crippen molar-refractivity contribution in [2.45, 2.75) is 32.5 Å². The summed E-state index contributed by atoms with van der Waals surface area (Å²) in [5, 5.41) is 2.06. The predicted molar refractivity (Wildman–Crippen MR) is 91.7 cm³/mol. The van der Waals surface area contributed by atoms with Crippen LogP contribution in [-0.4, -0.2) is 18.1 Å². The van der Waals surface area contributed by atoms with Gasteiger partial charge in [-0.2, -0.15) is 0 Å². The number of benzene rings is 1. The van der Waals surface area contributed by atoms with Gasteiger partial charge >= 0.3 is 0 Å². The van der Waals surface area contributed by atoms with Gasteiger partial charge < -0.3 is 4.90 Å². The van der Waals surface area contributed by atoms with Crippen LogP contribution >= 0.6 is 15.9 Å². The number of hydrogen-bond acceptors (Lipinski definition) is 2. The van der Waals surface area contributed by atoms with Crippen molar-refractivity contribution in [2.75, 3.05) is 18.0 Å². The molecule has 0 amide bonds. The van der Waals surface area contributed by atoms with Crippen LogP contribution in [0, 0.1) is 5.92 Å². The van der Waals surface area contributed by atoms with E-state index in [-0.39, 0.29) is 0 Å². The van der Waals surface area contributed by atoms with Gasteiger partial charge in [-0.15, -0.1) is 0 Å². The Morgan fingerprint density at radius 2 is 2.00 bits per heavy atom. The number of halogens is 1. The smallest absolute Gasteiger partial charge is 0.133 e. The van der Waals surface area contributed by atoms with E-state index in [4.69, 9.17) is 4.98 Å². The van der Waals surface area contributed by atoms with Crippen LogP contribution in [0.5, 0.6) is 0 Å². The summed E-state index contributed by atoms with van der Waals surface area (Å²) in [6.45, 7) is 8.82. The van der Waals surface area contributed by atoms with Gasteiger partial charge in [-0.1, -0.05) is 54.4 Å². The Morgan fingerprint density at radius 3 is 2.65 bits per heavy atom. The first-order valence-electron chi connectivity index (χ1n) is 7.39. The predicted octanol–water partition coefficient (Wildman–Crippen LogP) is 5.00. The lowest BCUT2D eigenvalue weighted by atomic mass is 10.1. The van der Waals surface area contributed by atoms with E-state index < -0.39 is 0 Å². The van der Waals surface area contributed by atoms with Crippen molar-refractivity contribution in [2.24, 2.45) is 5.92 Å². The van der Waals surface area contributed by atoms with Gasteiger partial charge in [0.2, 0.25) is 0 Å². The molecule has 0 aliphatic carbocycles. The van der Waals surface area contributed by atoms with E-state index in [9.17, 15) is 0 Å². The molecule has 0 radical (unpaired) electrons. The molecule has 2 rings (SSSR count). The molecular formula is C17H23BrN2. The van der Waals surface area contributed by atoms with Gasteiger partial charge in [0.05, 0.1) is 5.52 Å². The second-order valence-electron chi connectivity index (χ2n) is 5.35. The maximum atomic E-state index is 4.90. The molecule has 0 bridgehead atoms. The quantitative estimate of drug-likeness (QED) is 0.691. The largest absolute Gasteiger partial charge is 0.356 e. The summed E-state index contributed by atoms with van der Waals surface area (Å²) in [7, 11) is 0. The molecule has 0 spiro atoms. The molecule has 1 aromatic heterocycles. The maximum Gasteiger partial charge on any atom is 0.133 e. The normalized spacial score (nSPS) is 12.6. The van der Waals surface area contributed by atoms with Crippen LogP contribution in [0.1, 0.15) is 32.8 Å². The lowest BCUT2D eigenvalue weighted by Gasteiger charge is -2.27. The van der Waals surface area contributed by atoms with Gasteiger partial charge in [-0.25, -0.2) is 4.98 Å². The molecule has 0 saturated carbocycles. The van der Waals surface area contributed by atoms with E-state index in [0.717, 1.165) is 29.8 Å². The number of rotatable bonds is 6. The molecule has 0 aliphatic heterocycles. The third-order valence-electron chi connectivity index (χ3n) is 3.83. The van der Waals surface area contributed by atoms with E-state index in [0.29, 0.717) is 5.92 Å². The van der Waals surface area contributed by atoms with E-state index in [1.165, 1.54) is 17.4 Å². The molecule has 108 valence electrons. The molecule has 3 heteroatoms. The first-order valence-corrected chi connectivity index (χ1v) is 8.51. The minimum atomic E-state index is 0.686. The third-order valence-corrected chi connectivity index (χ3v) is 4.44. The van der Waals surface area contributed by atoms with Crippen LogP contribution in [0.3, 0.4) is 0 Å². The molecule has 2 nitrogen and oxygen atoms in total. The first kappa shape index (κ1) is 15.3. The summed E-state index contributed by atoms with van der Waals surface area (Å²) in [4.78, 5) is 7.30. The third kappa shape index (κ3) is 3.32. The maximum absolute atomic E-state index is 4.90. The van der Waals surface area contributed by atoms with Crippen LogP contribution < -0.4 is 4.90 Å². The second kappa shape index (κ2) is 7.07. The molecule has 0 fully saturated rings. The zero-order valence-corrected chi connectivity index (χ0v) is 14.2. The molecule has 1 aromatic carbocycles. The summed E-state index contributed by atoms with van der Waals surface area (Å²) in [6.07, 6.45) is 1.20. The highest BCUT2D eigenvalue weighted by molar-refractivity contribution is 9.08. The minimum Gasteiger partial charge on any atom is -0.356 e. The lowest BCUT2D eigenvalue weighted by Crippen LogP contribution is -2.29. The topological polar surface area (TPSA) is 16.1 Å². The average Bonchev–Trinajstić information content (AvgIpc) is 2.50. The molecule has 1 unspecified atom stereocenters. The fraction of sp³-hybridized carbons (Fsp3) is 0.471. The van der Waals surface area contributed by atoms with Crippen molar-refractivity contribution in [1.82, 2.24) is 4.98 Å². The van der Waals surface area contributed by atoms with E-state index in [1.807, 2.05) is 0 Å². The molecule has 1 atom stereocenters. The SMILES string of the molecule is CCC(C)CN(CC)c1nc2ccccc2cc1CBr. The van der Waals surface area contributed by atoms with Gasteiger partial charge in [0.25, 0.3) is 0 Å². The Hall–Kier alpha value is -1.09. The Labute approximate surface area is 130 Å².